The van der Waals surface area contributed by atoms with Crippen molar-refractivity contribution in [2.24, 2.45) is 5.92 Å². The van der Waals surface area contributed by atoms with Crippen LogP contribution in [0.15, 0.2) is 50.4 Å². The average Bonchev–Trinajstić information content (AvgIpc) is 3.52. The van der Waals surface area contributed by atoms with E-state index in [1.165, 1.54) is 23.8 Å². The summed E-state index contributed by atoms with van der Waals surface area (Å²) in [6.45, 7) is 1.98. The molecule has 1 amide bonds. The molecule has 10 nitrogen and oxygen atoms in total. The van der Waals surface area contributed by atoms with Crippen molar-refractivity contribution in [2.75, 3.05) is 32.6 Å². The van der Waals surface area contributed by atoms with Crippen LogP contribution in [0.4, 0.5) is 5.69 Å². The Hall–Kier alpha value is -3.57. The van der Waals surface area contributed by atoms with E-state index in [4.69, 9.17) is 18.4 Å². The normalized spacial score (nSPS) is 15.4. The highest BCUT2D eigenvalue weighted by Crippen LogP contribution is 2.32. The number of sulfonamides is 1. The Morgan fingerprint density at radius 3 is 2.60 bits per heavy atom. The first-order valence-corrected chi connectivity index (χ1v) is 12.5. The Kier molecular flexibility index (Phi) is 7.27. The minimum Gasteiger partial charge on any atom is -0.497 e. The van der Waals surface area contributed by atoms with Crippen LogP contribution >= 0.6 is 0 Å². The molecule has 186 valence electrons. The van der Waals surface area contributed by atoms with Gasteiger partial charge < -0.3 is 23.7 Å². The molecule has 1 aromatic carbocycles. The third-order valence-electron chi connectivity index (χ3n) is 5.86. The van der Waals surface area contributed by atoms with Gasteiger partial charge in [-0.05, 0) is 56.2 Å². The second-order valence-corrected chi connectivity index (χ2v) is 9.92. The predicted molar refractivity (Wildman–Crippen MR) is 129 cm³/mol. The lowest BCUT2D eigenvalue weighted by Crippen LogP contribution is -2.41. The van der Waals surface area contributed by atoms with E-state index in [1.54, 1.807) is 50.4 Å². The summed E-state index contributed by atoms with van der Waals surface area (Å²) in [5, 5.41) is 6.73. The monoisotopic (exact) mass is 501 g/mol. The number of benzene rings is 1. The molecular formula is C24H27N3O7S. The Morgan fingerprint density at radius 1 is 1.17 bits per heavy atom. The number of nitrogens with one attached hydrogen (secondary N) is 1. The maximum atomic E-state index is 13.4. The van der Waals surface area contributed by atoms with Gasteiger partial charge in [0.15, 0.2) is 10.7 Å². The maximum Gasteiger partial charge on any atom is 0.248 e. The molecule has 0 radical (unpaired) electrons. The number of carbonyl (C=O) groups is 1. The molecule has 3 heterocycles. The maximum absolute atomic E-state index is 13.4. The zero-order valence-corrected chi connectivity index (χ0v) is 20.5. The SMILES string of the molecule is COc1ccc(OC)c(NC(=O)C2CCN(S(=O)(=O)c3c(C)noc3/C=C/c3ccco3)CC2)c1. The number of ether oxygens (including phenoxy) is 2. The molecule has 3 aromatic rings. The van der Waals surface area contributed by atoms with Gasteiger partial charge >= 0.3 is 0 Å². The molecule has 4 rings (SSSR count). The zero-order valence-electron chi connectivity index (χ0n) is 19.7. The van der Waals surface area contributed by atoms with E-state index in [0.29, 0.717) is 35.8 Å². The summed E-state index contributed by atoms with van der Waals surface area (Å²) in [7, 11) is -0.812. The van der Waals surface area contributed by atoms with Crippen molar-refractivity contribution in [1.82, 2.24) is 9.46 Å². The molecule has 1 fully saturated rings. The van der Waals surface area contributed by atoms with E-state index in [-0.39, 0.29) is 41.3 Å². The zero-order chi connectivity index (χ0) is 25.0. The molecule has 0 unspecified atom stereocenters. The van der Waals surface area contributed by atoms with Crippen LogP contribution in [0.1, 0.15) is 30.1 Å². The number of aromatic nitrogens is 1. The molecule has 0 spiro atoms. The quantitative estimate of drug-likeness (QED) is 0.494. The van der Waals surface area contributed by atoms with Crippen LogP contribution in [0.25, 0.3) is 12.2 Å². The van der Waals surface area contributed by atoms with Gasteiger partial charge in [-0.2, -0.15) is 4.31 Å². The van der Waals surface area contributed by atoms with Crippen molar-refractivity contribution in [3.05, 3.63) is 53.8 Å². The minimum atomic E-state index is -3.87. The van der Waals surface area contributed by atoms with Crippen molar-refractivity contribution in [3.63, 3.8) is 0 Å². The third-order valence-corrected chi connectivity index (χ3v) is 7.92. The van der Waals surface area contributed by atoms with Crippen LogP contribution in [0.5, 0.6) is 11.5 Å². The van der Waals surface area contributed by atoms with Crippen molar-refractivity contribution >= 4 is 33.8 Å². The van der Waals surface area contributed by atoms with Crippen LogP contribution in [0.3, 0.4) is 0 Å². The lowest BCUT2D eigenvalue weighted by atomic mass is 9.97. The molecule has 0 aliphatic carbocycles. The largest absolute Gasteiger partial charge is 0.497 e. The second-order valence-electron chi connectivity index (χ2n) is 8.04. The number of amides is 1. The van der Waals surface area contributed by atoms with Crippen LogP contribution in [-0.2, 0) is 14.8 Å². The highest BCUT2D eigenvalue weighted by atomic mass is 32.2. The highest BCUT2D eigenvalue weighted by molar-refractivity contribution is 7.89. The van der Waals surface area contributed by atoms with Gasteiger partial charge in [0, 0.05) is 25.1 Å². The fourth-order valence-electron chi connectivity index (χ4n) is 3.98. The number of hydrogen-bond acceptors (Lipinski definition) is 8. The smallest absolute Gasteiger partial charge is 0.248 e. The molecule has 1 saturated heterocycles. The topological polar surface area (TPSA) is 124 Å². The molecule has 1 aliphatic rings. The Balaban J connectivity index is 1.44. The Morgan fingerprint density at radius 2 is 1.94 bits per heavy atom. The van der Waals surface area contributed by atoms with Gasteiger partial charge in [-0.1, -0.05) is 5.16 Å². The molecule has 2 aromatic heterocycles. The molecular weight excluding hydrogens is 474 g/mol. The van der Waals surface area contributed by atoms with Crippen molar-refractivity contribution in [2.45, 2.75) is 24.7 Å². The summed E-state index contributed by atoms with van der Waals surface area (Å²) < 4.78 is 49.2. The number of aryl methyl sites for hydroxylation is 1. The van der Waals surface area contributed by atoms with E-state index < -0.39 is 10.0 Å². The van der Waals surface area contributed by atoms with Crippen molar-refractivity contribution < 1.29 is 31.6 Å². The second kappa shape index (κ2) is 10.4. The number of anilines is 1. The van der Waals surface area contributed by atoms with Crippen LogP contribution in [-0.4, -0.2) is 51.1 Å². The molecule has 1 aliphatic heterocycles. The van der Waals surface area contributed by atoms with Gasteiger partial charge in [0.05, 0.1) is 26.2 Å². The average molecular weight is 502 g/mol. The van der Waals surface area contributed by atoms with E-state index in [1.807, 2.05) is 0 Å². The fourth-order valence-corrected chi connectivity index (χ4v) is 5.70. The summed E-state index contributed by atoms with van der Waals surface area (Å²) in [6.07, 6.45) is 5.40. The summed E-state index contributed by atoms with van der Waals surface area (Å²) in [5.41, 5.74) is 0.772. The van der Waals surface area contributed by atoms with Crippen LogP contribution in [0.2, 0.25) is 0 Å². The van der Waals surface area contributed by atoms with E-state index in [9.17, 15) is 13.2 Å². The molecule has 35 heavy (non-hydrogen) atoms. The van der Waals surface area contributed by atoms with Gasteiger partial charge in [0.2, 0.25) is 15.9 Å². The first-order chi connectivity index (χ1) is 16.8. The van der Waals surface area contributed by atoms with E-state index in [0.717, 1.165) is 0 Å². The van der Waals surface area contributed by atoms with Gasteiger partial charge in [-0.25, -0.2) is 8.42 Å². The van der Waals surface area contributed by atoms with Crippen molar-refractivity contribution in [3.8, 4) is 11.5 Å². The first-order valence-electron chi connectivity index (χ1n) is 11.0. The fraction of sp³-hybridized carbons (Fsp3) is 0.333. The van der Waals surface area contributed by atoms with Gasteiger partial charge in [0.1, 0.15) is 23.0 Å². The van der Waals surface area contributed by atoms with E-state index >= 15 is 0 Å². The first kappa shape index (κ1) is 24.6. The minimum absolute atomic E-state index is 0.0179. The third kappa shape index (κ3) is 5.25. The van der Waals surface area contributed by atoms with Crippen molar-refractivity contribution in [1.29, 1.82) is 0 Å². The van der Waals surface area contributed by atoms with Gasteiger partial charge in [0.25, 0.3) is 0 Å². The number of methoxy groups -OCH3 is 2. The highest BCUT2D eigenvalue weighted by Gasteiger charge is 2.36. The van der Waals surface area contributed by atoms with Crippen LogP contribution < -0.4 is 14.8 Å². The number of carbonyl (C=O) groups excluding carboxylic acids is 1. The molecule has 0 atom stereocenters. The summed E-state index contributed by atoms with van der Waals surface area (Å²) in [6, 6.07) is 8.60. The van der Waals surface area contributed by atoms with E-state index in [2.05, 4.69) is 10.5 Å². The predicted octanol–water partition coefficient (Wildman–Crippen LogP) is 3.80. The van der Waals surface area contributed by atoms with Gasteiger partial charge in [-0.3, -0.25) is 4.79 Å². The lowest BCUT2D eigenvalue weighted by Gasteiger charge is -2.30. The standard InChI is InChI=1S/C24H27N3O7S/c1-16-23(22(34-26-16)9-6-18-5-4-14-33-18)35(29,30)27-12-10-17(11-13-27)24(28)25-20-15-19(31-2)7-8-21(20)32-3/h4-9,14-15,17H,10-13H2,1-3H3,(H,25,28)/b9-6+. The number of nitrogens with zero attached hydrogens (tertiary/aromatic N) is 2. The Labute approximate surface area is 203 Å². The summed E-state index contributed by atoms with van der Waals surface area (Å²) in [5.74, 6) is 1.24. The number of furan rings is 1. The molecule has 0 saturated carbocycles. The van der Waals surface area contributed by atoms with Crippen LogP contribution in [0, 0.1) is 12.8 Å². The number of rotatable bonds is 8. The summed E-state index contributed by atoms with van der Waals surface area (Å²) >= 11 is 0. The lowest BCUT2D eigenvalue weighted by molar-refractivity contribution is -0.120. The molecule has 1 N–H and O–H groups in total. The summed E-state index contributed by atoms with van der Waals surface area (Å²) in [4.78, 5) is 12.9. The number of hydrogen-bond donors (Lipinski definition) is 1. The Bertz CT molecular complexity index is 1300. The number of piperidine rings is 1. The van der Waals surface area contributed by atoms with Gasteiger partial charge in [-0.15, -0.1) is 0 Å². The molecule has 11 heteroatoms. The molecule has 0 bridgehead atoms.